The molecule has 0 bridgehead atoms. The predicted octanol–water partition coefficient (Wildman–Crippen LogP) is -0.955. The van der Waals surface area contributed by atoms with Gasteiger partial charge in [0.2, 0.25) is 5.82 Å². The highest BCUT2D eigenvalue weighted by Gasteiger charge is 2.12. The molecule has 0 atom stereocenters. The highest BCUT2D eigenvalue weighted by atomic mass is 79.9. The number of hydrogen-bond donors (Lipinski definition) is 0. The second-order valence-electron chi connectivity index (χ2n) is 3.35. The van der Waals surface area contributed by atoms with Crippen LogP contribution in [0.5, 0.6) is 0 Å². The fourth-order valence-corrected chi connectivity index (χ4v) is 0.999. The highest BCUT2D eigenvalue weighted by molar-refractivity contribution is 9.10. The summed E-state index contributed by atoms with van der Waals surface area (Å²) < 4.78 is 1.78. The second kappa shape index (κ2) is 4.21. The molecule has 0 unspecified atom stereocenters. The lowest BCUT2D eigenvalue weighted by Gasteiger charge is -2.21. The van der Waals surface area contributed by atoms with Crippen molar-refractivity contribution < 1.29 is 12.4 Å². The summed E-state index contributed by atoms with van der Waals surface area (Å²) in [6.07, 6.45) is 1.82. The van der Waals surface area contributed by atoms with Gasteiger partial charge in [-0.05, 0) is 22.0 Å². The van der Waals surface area contributed by atoms with Crippen LogP contribution in [0.3, 0.4) is 0 Å². The maximum Gasteiger partial charge on any atom is 0.226 e. The zero-order chi connectivity index (χ0) is 8.48. The van der Waals surface area contributed by atoms with Crippen molar-refractivity contribution in [3.8, 4) is 0 Å². The lowest BCUT2D eigenvalue weighted by Crippen LogP contribution is -3.00. The van der Waals surface area contributed by atoms with Crippen LogP contribution in [0.1, 0.15) is 0 Å². The quantitative estimate of drug-likeness (QED) is 0.586. The zero-order valence-electron chi connectivity index (χ0n) is 7.38. The molecule has 0 aliphatic carbocycles. The van der Waals surface area contributed by atoms with Gasteiger partial charge in [0.05, 0.1) is 21.1 Å². The summed E-state index contributed by atoms with van der Waals surface area (Å²) in [6, 6.07) is 4.02. The zero-order valence-corrected chi connectivity index (χ0v) is 9.72. The van der Waals surface area contributed by atoms with Gasteiger partial charge in [0.25, 0.3) is 0 Å². The van der Waals surface area contributed by atoms with Gasteiger partial charge in [0, 0.05) is 16.7 Å². The first kappa shape index (κ1) is 11.9. The number of pyridine rings is 1. The van der Waals surface area contributed by atoms with E-state index in [2.05, 4.69) is 42.1 Å². The molecule has 4 heteroatoms. The first-order valence-electron chi connectivity index (χ1n) is 3.44. The van der Waals surface area contributed by atoms with E-state index >= 15 is 0 Å². The number of quaternary nitrogens is 1. The van der Waals surface area contributed by atoms with Crippen LogP contribution < -0.4 is 16.9 Å². The third-order valence-electron chi connectivity index (χ3n) is 1.40. The monoisotopic (exact) mass is 250 g/mol. The number of nitrogens with zero attached hydrogens (tertiary/aromatic N) is 2. The van der Waals surface area contributed by atoms with E-state index in [4.69, 9.17) is 0 Å². The van der Waals surface area contributed by atoms with Crippen LogP contribution in [0.15, 0.2) is 22.8 Å². The third-order valence-corrected chi connectivity index (χ3v) is 1.87. The van der Waals surface area contributed by atoms with Crippen LogP contribution in [0.2, 0.25) is 0 Å². The number of rotatable bonds is 1. The molecular weight excluding hydrogens is 239 g/mol. The largest absolute Gasteiger partial charge is 1.00 e. The van der Waals surface area contributed by atoms with Gasteiger partial charge in [0.15, 0.2) is 0 Å². The van der Waals surface area contributed by atoms with Crippen molar-refractivity contribution in [2.75, 3.05) is 21.1 Å². The average molecular weight is 252 g/mol. The Morgan fingerprint density at radius 3 is 2.17 bits per heavy atom. The molecule has 2 nitrogen and oxygen atoms in total. The average Bonchev–Trinajstić information content (AvgIpc) is 1.86. The first-order valence-corrected chi connectivity index (χ1v) is 4.23. The first-order chi connectivity index (χ1) is 5.00. The van der Waals surface area contributed by atoms with E-state index in [1.807, 2.05) is 18.3 Å². The Morgan fingerprint density at radius 1 is 1.25 bits per heavy atom. The molecule has 1 heterocycles. The van der Waals surface area contributed by atoms with E-state index in [0.29, 0.717) is 0 Å². The maximum atomic E-state index is 4.27. The Bertz CT molecular complexity index is 240. The standard InChI is InChI=1S/C8H12BrN2.ClH/c1-11(2,3)8-5-4-7(9)6-10-8;/h4-6H,1-3H3;1H/q+1;/p-1. The lowest BCUT2D eigenvalue weighted by molar-refractivity contribution is -0.00000249. The molecule has 1 aromatic rings. The Labute approximate surface area is 87.7 Å². The minimum atomic E-state index is 0. The summed E-state index contributed by atoms with van der Waals surface area (Å²) in [4.78, 5) is 4.27. The third kappa shape index (κ3) is 3.09. The van der Waals surface area contributed by atoms with Crippen molar-refractivity contribution in [2.45, 2.75) is 0 Å². The van der Waals surface area contributed by atoms with Crippen molar-refractivity contribution in [1.82, 2.24) is 9.47 Å². The van der Waals surface area contributed by atoms with Crippen LogP contribution in [0.25, 0.3) is 0 Å². The van der Waals surface area contributed by atoms with E-state index in [1.165, 1.54) is 0 Å². The minimum Gasteiger partial charge on any atom is -1.00 e. The Balaban J connectivity index is 0.00000121. The summed E-state index contributed by atoms with van der Waals surface area (Å²) in [5.41, 5.74) is 0. The molecule has 0 saturated carbocycles. The summed E-state index contributed by atoms with van der Waals surface area (Å²) in [7, 11) is 6.28. The molecule has 0 aliphatic rings. The molecule has 0 aromatic carbocycles. The predicted molar refractivity (Wildman–Crippen MR) is 51.5 cm³/mol. The molecule has 1 rings (SSSR count). The SMILES string of the molecule is C[N+](C)(C)c1ccc(Br)cn1.[Cl-]. The van der Waals surface area contributed by atoms with Crippen LogP contribution in [-0.4, -0.2) is 26.1 Å². The highest BCUT2D eigenvalue weighted by Crippen LogP contribution is 2.15. The van der Waals surface area contributed by atoms with Gasteiger partial charge in [-0.2, -0.15) is 0 Å². The van der Waals surface area contributed by atoms with Gasteiger partial charge in [-0.1, -0.05) is 0 Å². The van der Waals surface area contributed by atoms with Crippen LogP contribution >= 0.6 is 15.9 Å². The van der Waals surface area contributed by atoms with E-state index < -0.39 is 0 Å². The normalized spacial score (nSPS) is 10.7. The lowest BCUT2D eigenvalue weighted by atomic mass is 10.4. The van der Waals surface area contributed by atoms with Crippen molar-refractivity contribution in [2.24, 2.45) is 0 Å². The second-order valence-corrected chi connectivity index (χ2v) is 4.26. The van der Waals surface area contributed by atoms with Gasteiger partial charge >= 0.3 is 0 Å². The fraction of sp³-hybridized carbons (Fsp3) is 0.375. The summed E-state index contributed by atoms with van der Waals surface area (Å²) in [6.45, 7) is 0. The van der Waals surface area contributed by atoms with Crippen LogP contribution in [0.4, 0.5) is 5.82 Å². The number of aromatic nitrogens is 1. The fourth-order valence-electron chi connectivity index (χ4n) is 0.765. The minimum absolute atomic E-state index is 0. The number of halogens is 2. The molecular formula is C8H12BrClN2. The summed E-state index contributed by atoms with van der Waals surface area (Å²) >= 11 is 3.34. The molecule has 0 spiro atoms. The molecule has 0 N–H and O–H groups in total. The van der Waals surface area contributed by atoms with Gasteiger partial charge in [-0.25, -0.2) is 4.98 Å². The topological polar surface area (TPSA) is 12.9 Å². The van der Waals surface area contributed by atoms with Crippen molar-refractivity contribution in [3.63, 3.8) is 0 Å². The maximum absolute atomic E-state index is 4.27. The van der Waals surface area contributed by atoms with Gasteiger partial charge in [-0.3, -0.25) is 4.48 Å². The van der Waals surface area contributed by atoms with Crippen LogP contribution in [-0.2, 0) is 0 Å². The van der Waals surface area contributed by atoms with Gasteiger partial charge < -0.3 is 12.4 Å². The van der Waals surface area contributed by atoms with Crippen molar-refractivity contribution in [3.05, 3.63) is 22.8 Å². The molecule has 12 heavy (non-hydrogen) atoms. The molecule has 1 aromatic heterocycles. The molecule has 0 amide bonds. The van der Waals surface area contributed by atoms with E-state index in [0.717, 1.165) is 14.8 Å². The van der Waals surface area contributed by atoms with E-state index in [9.17, 15) is 0 Å². The Morgan fingerprint density at radius 2 is 1.83 bits per heavy atom. The van der Waals surface area contributed by atoms with Crippen LogP contribution in [0, 0.1) is 0 Å². The molecule has 0 aliphatic heterocycles. The summed E-state index contributed by atoms with van der Waals surface area (Å²) in [5, 5.41) is 0. The Kier molecular flexibility index (Phi) is 4.17. The molecule has 0 fully saturated rings. The van der Waals surface area contributed by atoms with Gasteiger partial charge in [-0.15, -0.1) is 0 Å². The van der Waals surface area contributed by atoms with Gasteiger partial charge in [0.1, 0.15) is 0 Å². The van der Waals surface area contributed by atoms with E-state index in [1.54, 1.807) is 0 Å². The van der Waals surface area contributed by atoms with E-state index in [-0.39, 0.29) is 12.4 Å². The smallest absolute Gasteiger partial charge is 0.226 e. The summed E-state index contributed by atoms with van der Waals surface area (Å²) in [5.74, 6) is 1.06. The molecule has 68 valence electrons. The Hall–Kier alpha value is -0.120. The molecule has 0 radical (unpaired) electrons. The van der Waals surface area contributed by atoms with Crippen molar-refractivity contribution >= 4 is 21.7 Å². The molecule has 0 saturated heterocycles. The number of hydrogen-bond acceptors (Lipinski definition) is 1. The van der Waals surface area contributed by atoms with Crippen molar-refractivity contribution in [1.29, 1.82) is 0 Å².